The minimum absolute atomic E-state index is 0.0363. The molecule has 0 spiro atoms. The zero-order chi connectivity index (χ0) is 17.2. The first kappa shape index (κ1) is 18.1. The summed E-state index contributed by atoms with van der Waals surface area (Å²) in [4.78, 5) is 0. The predicted octanol–water partition coefficient (Wildman–Crippen LogP) is 3.97. The van der Waals surface area contributed by atoms with E-state index in [1.807, 2.05) is 0 Å². The molecule has 0 aliphatic carbocycles. The molecule has 1 rings (SSSR count). The van der Waals surface area contributed by atoms with Crippen molar-refractivity contribution in [3.05, 3.63) is 29.3 Å². The number of hydrogen-bond donors (Lipinski definition) is 0. The fraction of sp³-hybridized carbons (Fsp3) is 0.462. The van der Waals surface area contributed by atoms with Crippen molar-refractivity contribution in [3.8, 4) is 11.8 Å². The normalized spacial score (nSPS) is 12.9. The Morgan fingerprint density at radius 2 is 1.64 bits per heavy atom. The van der Waals surface area contributed by atoms with E-state index in [0.717, 1.165) is 0 Å². The second kappa shape index (κ2) is 6.04. The van der Waals surface area contributed by atoms with Crippen molar-refractivity contribution >= 4 is 0 Å². The fourth-order valence-electron chi connectivity index (χ4n) is 1.48. The minimum Gasteiger partial charge on any atom is -0.496 e. The smallest absolute Gasteiger partial charge is 0.426 e. The predicted molar refractivity (Wildman–Crippen MR) is 63.0 cm³/mol. The minimum atomic E-state index is -5.63. The van der Waals surface area contributed by atoms with E-state index in [0.29, 0.717) is 0 Å². The lowest BCUT2D eigenvalue weighted by molar-refractivity contribution is -0.377. The molecule has 0 saturated carbocycles. The SMILES string of the molecule is COc1cc(C#N)ccc1COC(C)(C(F)(F)F)C(F)(F)F. The summed E-state index contributed by atoms with van der Waals surface area (Å²) in [5, 5.41) is 8.69. The molecule has 122 valence electrons. The van der Waals surface area contributed by atoms with Crippen molar-refractivity contribution in [2.75, 3.05) is 7.11 Å². The molecule has 1 aromatic rings. The summed E-state index contributed by atoms with van der Waals surface area (Å²) < 4.78 is 85.1. The van der Waals surface area contributed by atoms with Gasteiger partial charge in [0.1, 0.15) is 5.75 Å². The molecule has 0 aliphatic rings. The van der Waals surface area contributed by atoms with Crippen LogP contribution in [0.15, 0.2) is 18.2 Å². The van der Waals surface area contributed by atoms with Crippen LogP contribution < -0.4 is 4.74 Å². The van der Waals surface area contributed by atoms with Crippen molar-refractivity contribution < 1.29 is 35.8 Å². The van der Waals surface area contributed by atoms with E-state index < -0.39 is 24.6 Å². The monoisotopic (exact) mass is 327 g/mol. The second-order valence-electron chi connectivity index (χ2n) is 4.46. The van der Waals surface area contributed by atoms with E-state index in [1.165, 1.54) is 25.3 Å². The van der Waals surface area contributed by atoms with Gasteiger partial charge in [0.15, 0.2) is 0 Å². The van der Waals surface area contributed by atoms with Crippen LogP contribution in [0.4, 0.5) is 26.3 Å². The van der Waals surface area contributed by atoms with Crippen molar-refractivity contribution in [2.45, 2.75) is 31.5 Å². The number of nitrogens with zero attached hydrogens (tertiary/aromatic N) is 1. The highest BCUT2D eigenvalue weighted by atomic mass is 19.4. The summed E-state index contributed by atoms with van der Waals surface area (Å²) in [5.41, 5.74) is -4.20. The fourth-order valence-corrected chi connectivity index (χ4v) is 1.48. The Morgan fingerprint density at radius 3 is 2.05 bits per heavy atom. The van der Waals surface area contributed by atoms with Crippen LogP contribution in [0.1, 0.15) is 18.1 Å². The molecule has 0 atom stereocenters. The molecule has 3 nitrogen and oxygen atoms in total. The van der Waals surface area contributed by atoms with E-state index in [2.05, 4.69) is 4.74 Å². The van der Waals surface area contributed by atoms with E-state index in [9.17, 15) is 26.3 Å². The Labute approximate surface area is 122 Å². The largest absolute Gasteiger partial charge is 0.496 e. The van der Waals surface area contributed by atoms with Crippen LogP contribution in [0, 0.1) is 11.3 Å². The van der Waals surface area contributed by atoms with Crippen LogP contribution in [-0.4, -0.2) is 25.1 Å². The van der Waals surface area contributed by atoms with Gasteiger partial charge in [0.2, 0.25) is 0 Å². The van der Waals surface area contributed by atoms with Crippen LogP contribution in [0.2, 0.25) is 0 Å². The van der Waals surface area contributed by atoms with E-state index in [1.54, 1.807) is 6.07 Å². The zero-order valence-corrected chi connectivity index (χ0v) is 11.5. The molecule has 0 bridgehead atoms. The first-order valence-corrected chi connectivity index (χ1v) is 5.80. The van der Waals surface area contributed by atoms with Crippen LogP contribution in [0.5, 0.6) is 5.75 Å². The van der Waals surface area contributed by atoms with Gasteiger partial charge in [-0.15, -0.1) is 0 Å². The quantitative estimate of drug-likeness (QED) is 0.786. The molecule has 1 aromatic carbocycles. The van der Waals surface area contributed by atoms with Crippen LogP contribution in [-0.2, 0) is 11.3 Å². The topological polar surface area (TPSA) is 42.2 Å². The number of halogens is 6. The maximum atomic E-state index is 12.7. The van der Waals surface area contributed by atoms with Gasteiger partial charge >= 0.3 is 12.4 Å². The van der Waals surface area contributed by atoms with E-state index in [4.69, 9.17) is 10.00 Å². The molecule has 9 heteroatoms. The molecule has 0 N–H and O–H groups in total. The van der Waals surface area contributed by atoms with Gasteiger partial charge in [0.25, 0.3) is 5.60 Å². The third-order valence-electron chi connectivity index (χ3n) is 3.01. The number of alkyl halides is 6. The molecular formula is C13H11F6NO2. The zero-order valence-electron chi connectivity index (χ0n) is 11.5. The molecule has 0 aliphatic heterocycles. The van der Waals surface area contributed by atoms with Gasteiger partial charge in [-0.05, 0) is 19.1 Å². The average molecular weight is 327 g/mol. The molecule has 0 heterocycles. The molecule has 0 aromatic heterocycles. The first-order chi connectivity index (χ1) is 9.96. The van der Waals surface area contributed by atoms with Gasteiger partial charge in [-0.3, -0.25) is 0 Å². The Morgan fingerprint density at radius 1 is 1.09 bits per heavy atom. The number of benzene rings is 1. The van der Waals surface area contributed by atoms with Gasteiger partial charge in [-0.25, -0.2) is 0 Å². The van der Waals surface area contributed by atoms with Crippen molar-refractivity contribution in [3.63, 3.8) is 0 Å². The first-order valence-electron chi connectivity index (χ1n) is 5.80. The maximum absolute atomic E-state index is 12.7. The Hall–Kier alpha value is -1.95. The molecule has 0 amide bonds. The highest BCUT2D eigenvalue weighted by Gasteiger charge is 2.69. The van der Waals surface area contributed by atoms with E-state index in [-0.39, 0.29) is 23.8 Å². The summed E-state index contributed by atoms with van der Waals surface area (Å²) in [6.45, 7) is -1.06. The van der Waals surface area contributed by atoms with Gasteiger partial charge in [-0.1, -0.05) is 6.07 Å². The van der Waals surface area contributed by atoms with Crippen molar-refractivity contribution in [2.24, 2.45) is 0 Å². The highest BCUT2D eigenvalue weighted by Crippen LogP contribution is 2.46. The molecule has 0 fully saturated rings. The molecule has 0 radical (unpaired) electrons. The van der Waals surface area contributed by atoms with Gasteiger partial charge in [0.05, 0.1) is 25.3 Å². The number of rotatable bonds is 4. The summed E-state index contributed by atoms with van der Waals surface area (Å²) in [6.07, 6.45) is -11.3. The molecular weight excluding hydrogens is 316 g/mol. The lowest BCUT2D eigenvalue weighted by atomic mass is 10.1. The number of nitriles is 1. The lowest BCUT2D eigenvalue weighted by Gasteiger charge is -2.33. The highest BCUT2D eigenvalue weighted by molar-refractivity contribution is 5.42. The van der Waals surface area contributed by atoms with Gasteiger partial charge in [0, 0.05) is 5.56 Å². The molecule has 0 saturated heterocycles. The molecule has 0 unspecified atom stereocenters. The Bertz CT molecular complexity index is 559. The Balaban J connectivity index is 3.08. The average Bonchev–Trinajstić information content (AvgIpc) is 2.41. The summed E-state index contributed by atoms with van der Waals surface area (Å²) >= 11 is 0. The summed E-state index contributed by atoms with van der Waals surface area (Å²) in [6, 6.07) is 5.37. The summed E-state index contributed by atoms with van der Waals surface area (Å²) in [5.74, 6) is -0.0363. The van der Waals surface area contributed by atoms with E-state index >= 15 is 0 Å². The second-order valence-corrected chi connectivity index (χ2v) is 4.46. The third kappa shape index (κ3) is 3.44. The van der Waals surface area contributed by atoms with Gasteiger partial charge in [-0.2, -0.15) is 31.6 Å². The number of methoxy groups -OCH3 is 1. The van der Waals surface area contributed by atoms with Crippen molar-refractivity contribution in [1.82, 2.24) is 0 Å². The summed E-state index contributed by atoms with van der Waals surface area (Å²) in [7, 11) is 1.17. The van der Waals surface area contributed by atoms with Crippen LogP contribution in [0.25, 0.3) is 0 Å². The van der Waals surface area contributed by atoms with Crippen molar-refractivity contribution in [1.29, 1.82) is 5.26 Å². The van der Waals surface area contributed by atoms with Crippen LogP contribution in [0.3, 0.4) is 0 Å². The number of ether oxygens (including phenoxy) is 2. The van der Waals surface area contributed by atoms with Gasteiger partial charge < -0.3 is 9.47 Å². The Kier molecular flexibility index (Phi) is 4.97. The molecule has 22 heavy (non-hydrogen) atoms. The maximum Gasteiger partial charge on any atom is 0.426 e. The lowest BCUT2D eigenvalue weighted by Crippen LogP contribution is -2.56. The third-order valence-corrected chi connectivity index (χ3v) is 3.01. The van der Waals surface area contributed by atoms with Crippen LogP contribution >= 0.6 is 0 Å². The standard InChI is InChI=1S/C13H11F6NO2/c1-11(12(14,15)16,13(17,18)19)22-7-9-4-3-8(6-20)5-10(9)21-2/h3-5H,7H2,1-2H3. The number of hydrogen-bond acceptors (Lipinski definition) is 3.